The van der Waals surface area contributed by atoms with Gasteiger partial charge in [0, 0.05) is 24.5 Å². The van der Waals surface area contributed by atoms with Gasteiger partial charge in [0.25, 0.3) is 5.91 Å². The molecule has 4 rings (SSSR count). The molecule has 28 heavy (non-hydrogen) atoms. The first-order chi connectivity index (χ1) is 13.6. The number of benzene rings is 1. The fraction of sp³-hybridized carbons (Fsp3) is 0.409. The molecule has 0 saturated heterocycles. The Balaban J connectivity index is 1.55. The van der Waals surface area contributed by atoms with Crippen LogP contribution in [0, 0.1) is 13.8 Å². The van der Waals surface area contributed by atoms with Crippen LogP contribution in [0.1, 0.15) is 63.6 Å². The van der Waals surface area contributed by atoms with E-state index in [-0.39, 0.29) is 5.91 Å². The Morgan fingerprint density at radius 3 is 2.68 bits per heavy atom. The first kappa shape index (κ1) is 19.0. The lowest BCUT2D eigenvalue weighted by atomic mass is 10.1. The predicted molar refractivity (Wildman–Crippen MR) is 112 cm³/mol. The molecule has 2 aromatic heterocycles. The zero-order valence-electron chi connectivity index (χ0n) is 16.5. The summed E-state index contributed by atoms with van der Waals surface area (Å²) in [5.74, 6) is 1.38. The Hall–Kier alpha value is -2.31. The van der Waals surface area contributed by atoms with E-state index in [1.807, 2.05) is 45.0 Å². The average Bonchev–Trinajstić information content (AvgIpc) is 3.49. The van der Waals surface area contributed by atoms with Gasteiger partial charge in [0.05, 0.1) is 17.2 Å². The van der Waals surface area contributed by atoms with Crippen LogP contribution in [0.15, 0.2) is 24.3 Å². The maximum Gasteiger partial charge on any atom is 0.261 e. The topological polar surface area (TPSA) is 64.1 Å². The summed E-state index contributed by atoms with van der Waals surface area (Å²) in [6.07, 6.45) is 2.34. The van der Waals surface area contributed by atoms with Gasteiger partial charge in [-0.15, -0.1) is 11.3 Å². The molecular formula is C22H25N3O2S. The van der Waals surface area contributed by atoms with Crippen molar-refractivity contribution in [1.29, 1.82) is 0 Å². The smallest absolute Gasteiger partial charge is 0.261 e. The van der Waals surface area contributed by atoms with E-state index in [2.05, 4.69) is 10.3 Å². The van der Waals surface area contributed by atoms with E-state index < -0.39 is 0 Å². The largest absolute Gasteiger partial charge is 0.377 e. The first-order valence-corrected chi connectivity index (χ1v) is 10.6. The van der Waals surface area contributed by atoms with Crippen LogP contribution in [0.3, 0.4) is 0 Å². The number of amides is 1. The van der Waals surface area contributed by atoms with Crippen LogP contribution in [0.25, 0.3) is 10.2 Å². The monoisotopic (exact) mass is 395 g/mol. The SMILES string of the molecule is CCOCc1ccccc1CNC(=O)c1sc2nc(C3CC3)nc(C)c2c1C. The molecule has 1 aromatic carbocycles. The van der Waals surface area contributed by atoms with Crippen LogP contribution in [-0.4, -0.2) is 22.5 Å². The Morgan fingerprint density at radius 2 is 1.96 bits per heavy atom. The number of rotatable bonds is 7. The number of carbonyl (C=O) groups is 1. The van der Waals surface area contributed by atoms with Gasteiger partial charge in [-0.1, -0.05) is 24.3 Å². The van der Waals surface area contributed by atoms with Crippen molar-refractivity contribution in [3.8, 4) is 0 Å². The van der Waals surface area contributed by atoms with E-state index in [4.69, 9.17) is 9.72 Å². The lowest BCUT2D eigenvalue weighted by Crippen LogP contribution is -2.23. The standard InChI is InChI=1S/C22H25N3O2S/c1-4-27-12-17-8-6-5-7-16(17)11-23-21(26)19-13(2)18-14(3)24-20(15-9-10-15)25-22(18)28-19/h5-8,15H,4,9-12H2,1-3H3,(H,23,26). The van der Waals surface area contributed by atoms with Crippen molar-refractivity contribution in [2.45, 2.75) is 52.7 Å². The quantitative estimate of drug-likeness (QED) is 0.632. The number of nitrogens with zero attached hydrogens (tertiary/aromatic N) is 2. The highest BCUT2D eigenvalue weighted by Gasteiger charge is 2.28. The van der Waals surface area contributed by atoms with Gasteiger partial charge in [-0.05, 0) is 50.3 Å². The number of ether oxygens (including phenoxy) is 1. The van der Waals surface area contributed by atoms with Crippen LogP contribution in [0.4, 0.5) is 0 Å². The first-order valence-electron chi connectivity index (χ1n) is 9.78. The lowest BCUT2D eigenvalue weighted by molar-refractivity contribution is 0.0953. The molecule has 146 valence electrons. The summed E-state index contributed by atoms with van der Waals surface area (Å²) >= 11 is 1.47. The second-order valence-corrected chi connectivity index (χ2v) is 8.27. The highest BCUT2D eigenvalue weighted by Crippen LogP contribution is 2.40. The highest BCUT2D eigenvalue weighted by molar-refractivity contribution is 7.20. The van der Waals surface area contributed by atoms with E-state index in [1.165, 1.54) is 24.2 Å². The van der Waals surface area contributed by atoms with Gasteiger partial charge in [0.1, 0.15) is 10.7 Å². The zero-order valence-corrected chi connectivity index (χ0v) is 17.4. The van der Waals surface area contributed by atoms with E-state index in [1.54, 1.807) is 0 Å². The van der Waals surface area contributed by atoms with Crippen LogP contribution < -0.4 is 5.32 Å². The predicted octanol–water partition coefficient (Wildman–Crippen LogP) is 4.65. The van der Waals surface area contributed by atoms with Gasteiger partial charge in [-0.25, -0.2) is 9.97 Å². The molecule has 1 saturated carbocycles. The minimum atomic E-state index is -0.0564. The molecule has 0 spiro atoms. The molecule has 1 amide bonds. The molecule has 6 heteroatoms. The van der Waals surface area contributed by atoms with Gasteiger partial charge in [-0.2, -0.15) is 0 Å². The zero-order chi connectivity index (χ0) is 19.7. The minimum absolute atomic E-state index is 0.0564. The molecule has 0 aliphatic heterocycles. The van der Waals surface area contributed by atoms with E-state index >= 15 is 0 Å². The van der Waals surface area contributed by atoms with Gasteiger partial charge in [0.2, 0.25) is 0 Å². The number of fused-ring (bicyclic) bond motifs is 1. The average molecular weight is 396 g/mol. The summed E-state index contributed by atoms with van der Waals surface area (Å²) in [7, 11) is 0. The molecule has 1 N–H and O–H groups in total. The van der Waals surface area contributed by atoms with Gasteiger partial charge < -0.3 is 10.1 Å². The molecule has 2 heterocycles. The highest BCUT2D eigenvalue weighted by atomic mass is 32.1. The maximum atomic E-state index is 12.9. The van der Waals surface area contributed by atoms with Crippen molar-refractivity contribution in [3.05, 3.63) is 57.4 Å². The van der Waals surface area contributed by atoms with Crippen molar-refractivity contribution < 1.29 is 9.53 Å². The van der Waals surface area contributed by atoms with Crippen LogP contribution in [-0.2, 0) is 17.9 Å². The molecule has 1 aliphatic rings. The molecular weight excluding hydrogens is 370 g/mol. The molecule has 0 unspecified atom stereocenters. The summed E-state index contributed by atoms with van der Waals surface area (Å²) in [6.45, 7) is 7.70. The Morgan fingerprint density at radius 1 is 1.21 bits per heavy atom. The fourth-order valence-corrected chi connectivity index (χ4v) is 4.59. The number of thiophene rings is 1. The third-order valence-corrected chi connectivity index (χ3v) is 6.34. The second-order valence-electron chi connectivity index (χ2n) is 7.27. The van der Waals surface area contributed by atoms with Gasteiger partial charge in [-0.3, -0.25) is 4.79 Å². The molecule has 0 radical (unpaired) electrons. The third-order valence-electron chi connectivity index (χ3n) is 5.16. The molecule has 5 nitrogen and oxygen atoms in total. The fourth-order valence-electron chi connectivity index (χ4n) is 3.44. The Kier molecular flexibility index (Phi) is 5.42. The van der Waals surface area contributed by atoms with E-state index in [0.717, 1.165) is 43.3 Å². The number of carbonyl (C=O) groups excluding carboxylic acids is 1. The summed E-state index contributed by atoms with van der Waals surface area (Å²) in [5.41, 5.74) is 4.13. The number of aromatic nitrogens is 2. The van der Waals surface area contributed by atoms with E-state index in [9.17, 15) is 4.79 Å². The van der Waals surface area contributed by atoms with E-state index in [0.29, 0.717) is 25.7 Å². The second kappa shape index (κ2) is 7.97. The summed E-state index contributed by atoms with van der Waals surface area (Å²) < 4.78 is 5.53. The van der Waals surface area contributed by atoms with Crippen LogP contribution in [0.5, 0.6) is 0 Å². The molecule has 0 atom stereocenters. The van der Waals surface area contributed by atoms with Crippen molar-refractivity contribution in [3.63, 3.8) is 0 Å². The summed E-state index contributed by atoms with van der Waals surface area (Å²) in [5, 5.41) is 4.10. The van der Waals surface area contributed by atoms with Crippen molar-refractivity contribution in [2.75, 3.05) is 6.61 Å². The number of aryl methyl sites for hydroxylation is 2. The van der Waals surface area contributed by atoms with Crippen LogP contribution >= 0.6 is 11.3 Å². The van der Waals surface area contributed by atoms with Crippen molar-refractivity contribution in [1.82, 2.24) is 15.3 Å². The molecule has 0 bridgehead atoms. The molecule has 3 aromatic rings. The van der Waals surface area contributed by atoms with Gasteiger partial charge >= 0.3 is 0 Å². The molecule has 1 fully saturated rings. The van der Waals surface area contributed by atoms with Crippen molar-refractivity contribution >= 4 is 27.5 Å². The van der Waals surface area contributed by atoms with Gasteiger partial charge in [0.15, 0.2) is 0 Å². The lowest BCUT2D eigenvalue weighted by Gasteiger charge is -2.10. The number of hydrogen-bond acceptors (Lipinski definition) is 5. The molecule has 1 aliphatic carbocycles. The number of nitrogens with one attached hydrogen (secondary N) is 1. The van der Waals surface area contributed by atoms with Crippen molar-refractivity contribution in [2.24, 2.45) is 0 Å². The Labute approximate surface area is 169 Å². The maximum absolute atomic E-state index is 12.9. The summed E-state index contributed by atoms with van der Waals surface area (Å²) in [4.78, 5) is 24.0. The summed E-state index contributed by atoms with van der Waals surface area (Å²) in [6, 6.07) is 8.05. The minimum Gasteiger partial charge on any atom is -0.377 e. The Bertz CT molecular complexity index is 1020. The third kappa shape index (κ3) is 3.80. The number of hydrogen-bond donors (Lipinski definition) is 1. The normalized spacial score (nSPS) is 13.8. The van der Waals surface area contributed by atoms with Crippen LogP contribution in [0.2, 0.25) is 0 Å².